The summed E-state index contributed by atoms with van der Waals surface area (Å²) in [7, 11) is 2.02. The zero-order chi connectivity index (χ0) is 27.9. The van der Waals surface area contributed by atoms with E-state index in [0.717, 1.165) is 43.0 Å². The van der Waals surface area contributed by atoms with Crippen LogP contribution in [0.2, 0.25) is 5.02 Å². The zero-order valence-electron chi connectivity index (χ0n) is 22.6. The summed E-state index contributed by atoms with van der Waals surface area (Å²) in [5, 5.41) is 16.0. The summed E-state index contributed by atoms with van der Waals surface area (Å²) in [6.45, 7) is 1.94. The zero-order valence-corrected chi connectivity index (χ0v) is 23.3. The molecule has 7 heteroatoms. The molecule has 0 fully saturated rings. The third kappa shape index (κ3) is 6.26. The van der Waals surface area contributed by atoms with Crippen LogP contribution in [0.15, 0.2) is 102 Å². The standard InChI is InChI=1S/C18H22N2.C15H11ClN2O2/c1-19-13-6-14-20-17-9-4-2-7-15(17)11-12-16-8-3-5-10-18(16)20;16-11-6-7-13-12(8-11)15(10-4-2-1-3-5-10)18(20)9-14(19)17-13/h2-5,7-10,19H,6,11-14H2,1H3;1-8,20H,9H2. The largest absolute Gasteiger partial charge is 0.341 e. The summed E-state index contributed by atoms with van der Waals surface area (Å²) in [5.41, 5.74) is 7.02. The summed E-state index contributed by atoms with van der Waals surface area (Å²) < 4.78 is 0. The molecule has 6 nitrogen and oxygen atoms in total. The average molecular weight is 553 g/mol. The number of hydrogen-bond donors (Lipinski definition) is 2. The minimum Gasteiger partial charge on any atom is -0.341 e. The van der Waals surface area contributed by atoms with Crippen LogP contribution in [-0.4, -0.2) is 42.9 Å². The number of para-hydroxylation sites is 2. The molecule has 2 N–H and O–H groups in total. The molecule has 0 saturated carbocycles. The number of halogens is 1. The lowest BCUT2D eigenvalue weighted by Gasteiger charge is -2.27. The minimum atomic E-state index is -0.401. The Bertz CT molecular complexity index is 1560. The van der Waals surface area contributed by atoms with Gasteiger partial charge in [-0.15, -0.1) is 0 Å². The first-order chi connectivity index (χ1) is 19.5. The number of carbonyl (C=O) groups is 1. The second-order valence-corrected chi connectivity index (χ2v) is 10.2. The molecule has 0 spiro atoms. The molecule has 0 aromatic heterocycles. The molecule has 40 heavy (non-hydrogen) atoms. The predicted octanol–water partition coefficient (Wildman–Crippen LogP) is 4.88. The summed E-state index contributed by atoms with van der Waals surface area (Å²) in [4.78, 5) is 18.2. The highest BCUT2D eigenvalue weighted by Crippen LogP contribution is 2.35. The van der Waals surface area contributed by atoms with E-state index >= 15 is 0 Å². The molecule has 204 valence electrons. The molecular weight excluding hydrogens is 520 g/mol. The van der Waals surface area contributed by atoms with E-state index in [1.54, 1.807) is 18.2 Å². The highest BCUT2D eigenvalue weighted by molar-refractivity contribution is 6.30. The second kappa shape index (κ2) is 12.9. The molecule has 2 heterocycles. The van der Waals surface area contributed by atoms with Crippen LogP contribution in [0.3, 0.4) is 0 Å². The number of amides is 1. The molecule has 0 bridgehead atoms. The number of nitrogens with one attached hydrogen (secondary N) is 1. The number of aryl methyl sites for hydroxylation is 2. The van der Waals surface area contributed by atoms with Gasteiger partial charge < -0.3 is 10.2 Å². The van der Waals surface area contributed by atoms with Crippen molar-refractivity contribution in [2.24, 2.45) is 4.99 Å². The van der Waals surface area contributed by atoms with Crippen LogP contribution in [0.5, 0.6) is 0 Å². The van der Waals surface area contributed by atoms with Gasteiger partial charge in [0.25, 0.3) is 5.91 Å². The fourth-order valence-corrected chi connectivity index (χ4v) is 5.41. The second-order valence-electron chi connectivity index (χ2n) is 9.81. The number of rotatable bonds is 5. The monoisotopic (exact) mass is 552 g/mol. The first-order valence-electron chi connectivity index (χ1n) is 13.6. The molecule has 0 atom stereocenters. The first kappa shape index (κ1) is 27.6. The molecular formula is C33H33ClN4O2. The number of fused-ring (bicyclic) bond motifs is 3. The minimum absolute atomic E-state index is 0.184. The number of benzene rings is 4. The molecule has 6 rings (SSSR count). The molecule has 0 saturated heterocycles. The molecule has 4 aromatic carbocycles. The van der Waals surface area contributed by atoms with Crippen molar-refractivity contribution in [1.29, 1.82) is 0 Å². The summed E-state index contributed by atoms with van der Waals surface area (Å²) in [6, 6.07) is 32.1. The normalized spacial score (nSPS) is 14.1. The predicted molar refractivity (Wildman–Crippen MR) is 161 cm³/mol. The van der Waals surface area contributed by atoms with Crippen LogP contribution < -0.4 is 20.8 Å². The van der Waals surface area contributed by atoms with Crippen LogP contribution in [0.1, 0.15) is 23.1 Å². The third-order valence-electron chi connectivity index (χ3n) is 7.09. The van der Waals surface area contributed by atoms with E-state index in [-0.39, 0.29) is 6.54 Å². The van der Waals surface area contributed by atoms with Gasteiger partial charge in [0.05, 0.1) is 11.1 Å². The lowest BCUT2D eigenvalue weighted by Crippen LogP contribution is -2.31. The van der Waals surface area contributed by atoms with E-state index < -0.39 is 5.91 Å². The highest BCUT2D eigenvalue weighted by atomic mass is 35.5. The van der Waals surface area contributed by atoms with Crippen molar-refractivity contribution < 1.29 is 10.0 Å². The number of anilines is 2. The molecule has 4 aromatic rings. The van der Waals surface area contributed by atoms with Crippen molar-refractivity contribution in [3.63, 3.8) is 0 Å². The van der Waals surface area contributed by atoms with Gasteiger partial charge in [-0.3, -0.25) is 10.0 Å². The van der Waals surface area contributed by atoms with Crippen LogP contribution >= 0.6 is 11.6 Å². The maximum atomic E-state index is 11.7. The Labute approximate surface area is 239 Å². The average Bonchev–Trinajstić information content (AvgIpc) is 3.20. The molecule has 2 aliphatic heterocycles. The Morgan fingerprint density at radius 2 is 1.50 bits per heavy atom. The van der Waals surface area contributed by atoms with Gasteiger partial charge in [0.1, 0.15) is 6.54 Å². The number of hydrogen-bond acceptors (Lipinski definition) is 5. The van der Waals surface area contributed by atoms with Crippen molar-refractivity contribution in [3.05, 3.63) is 129 Å². The van der Waals surface area contributed by atoms with Crippen LogP contribution in [-0.2, 0) is 17.6 Å². The highest BCUT2D eigenvalue weighted by Gasteiger charge is 2.20. The van der Waals surface area contributed by atoms with Gasteiger partial charge >= 0.3 is 0 Å². The SMILES string of the molecule is CNCCCN1c2ccccc2CCc2ccccc21.O=C1CN(O)C(c2ccccc2)=c2cc(Cl)ccc2=N1. The van der Waals surface area contributed by atoms with Crippen LogP contribution in [0.4, 0.5) is 11.4 Å². The van der Waals surface area contributed by atoms with Crippen molar-refractivity contribution in [1.82, 2.24) is 10.4 Å². The Morgan fingerprint density at radius 3 is 2.15 bits per heavy atom. The van der Waals surface area contributed by atoms with Gasteiger partial charge in [-0.05, 0) is 74.3 Å². The molecule has 0 radical (unpaired) electrons. The number of nitrogens with zero attached hydrogens (tertiary/aromatic N) is 3. The topological polar surface area (TPSA) is 68.2 Å². The Hall–Kier alpha value is -3.97. The molecule has 1 amide bonds. The fourth-order valence-electron chi connectivity index (χ4n) is 5.24. The smallest absolute Gasteiger partial charge is 0.268 e. The lowest BCUT2D eigenvalue weighted by atomic mass is 10.0. The Morgan fingerprint density at radius 1 is 0.875 bits per heavy atom. The van der Waals surface area contributed by atoms with Crippen LogP contribution in [0, 0.1) is 0 Å². The van der Waals surface area contributed by atoms with Gasteiger partial charge in [0, 0.05) is 33.7 Å². The van der Waals surface area contributed by atoms with E-state index in [2.05, 4.69) is 63.7 Å². The number of hydroxylamine groups is 2. The fraction of sp³-hybridized carbons (Fsp3) is 0.212. The Kier molecular flexibility index (Phi) is 8.91. The van der Waals surface area contributed by atoms with E-state index in [0.29, 0.717) is 21.3 Å². The van der Waals surface area contributed by atoms with Crippen molar-refractivity contribution in [2.45, 2.75) is 19.3 Å². The van der Waals surface area contributed by atoms with Gasteiger partial charge in [-0.2, -0.15) is 0 Å². The summed E-state index contributed by atoms with van der Waals surface area (Å²) in [5.74, 6) is -0.401. The summed E-state index contributed by atoms with van der Waals surface area (Å²) in [6.07, 6.45) is 3.42. The lowest BCUT2D eigenvalue weighted by molar-refractivity contribution is -0.125. The van der Waals surface area contributed by atoms with Crippen molar-refractivity contribution >= 4 is 34.6 Å². The first-order valence-corrected chi connectivity index (χ1v) is 13.9. The molecule has 2 aliphatic rings. The maximum Gasteiger partial charge on any atom is 0.268 e. The van der Waals surface area contributed by atoms with E-state index in [9.17, 15) is 10.0 Å². The maximum absolute atomic E-state index is 11.7. The van der Waals surface area contributed by atoms with Crippen molar-refractivity contribution in [2.75, 3.05) is 31.6 Å². The summed E-state index contributed by atoms with van der Waals surface area (Å²) >= 11 is 6.03. The third-order valence-corrected chi connectivity index (χ3v) is 7.32. The number of carbonyl (C=O) groups excluding carboxylic acids is 1. The van der Waals surface area contributed by atoms with Gasteiger partial charge in [-0.25, -0.2) is 10.1 Å². The van der Waals surface area contributed by atoms with E-state index in [1.165, 1.54) is 22.5 Å². The van der Waals surface area contributed by atoms with Gasteiger partial charge in [-0.1, -0.05) is 78.3 Å². The quantitative estimate of drug-likeness (QED) is 0.345. The van der Waals surface area contributed by atoms with E-state index in [1.807, 2.05) is 37.4 Å². The van der Waals surface area contributed by atoms with Gasteiger partial charge in [0.2, 0.25) is 0 Å². The molecule has 0 aliphatic carbocycles. The van der Waals surface area contributed by atoms with Crippen molar-refractivity contribution in [3.8, 4) is 0 Å². The Balaban J connectivity index is 0.000000161. The van der Waals surface area contributed by atoms with E-state index in [4.69, 9.17) is 11.6 Å². The molecule has 0 unspecified atom stereocenters. The van der Waals surface area contributed by atoms with Gasteiger partial charge in [0.15, 0.2) is 0 Å². The van der Waals surface area contributed by atoms with Crippen LogP contribution in [0.25, 0.3) is 5.70 Å².